The molecule has 0 aromatic carbocycles. The number of nitrogens with zero attached hydrogens (tertiary/aromatic N) is 2. The number of hydrogen-bond acceptors (Lipinski definition) is 5. The number of hydrogen-bond donors (Lipinski definition) is 2. The lowest BCUT2D eigenvalue weighted by molar-refractivity contribution is -0.137. The Morgan fingerprint density at radius 3 is 2.59 bits per heavy atom. The maximum Gasteiger partial charge on any atom is 0.303 e. The Labute approximate surface area is 103 Å². The number of aliphatic carboxylic acids is 1. The van der Waals surface area contributed by atoms with Gasteiger partial charge in [0.25, 0.3) is 0 Å². The molecule has 1 amide bonds. The molecular formula is C10H15N3O3S. The van der Waals surface area contributed by atoms with Crippen molar-refractivity contribution < 1.29 is 14.7 Å². The summed E-state index contributed by atoms with van der Waals surface area (Å²) in [6.45, 7) is 1.97. The number of rotatable bonds is 7. The number of amides is 1. The van der Waals surface area contributed by atoms with E-state index in [-0.39, 0.29) is 12.3 Å². The first-order valence-electron chi connectivity index (χ1n) is 5.46. The second-order valence-corrected chi connectivity index (χ2v) is 4.57. The Hall–Kier alpha value is -1.50. The van der Waals surface area contributed by atoms with Crippen molar-refractivity contribution in [3.05, 3.63) is 5.01 Å². The van der Waals surface area contributed by atoms with Gasteiger partial charge in [0.1, 0.15) is 5.01 Å². The molecule has 0 aliphatic rings. The predicted molar refractivity (Wildman–Crippen MR) is 64.0 cm³/mol. The van der Waals surface area contributed by atoms with Crippen LogP contribution in [0.15, 0.2) is 0 Å². The fourth-order valence-corrected chi connectivity index (χ4v) is 1.89. The number of aryl methyl sites for hydroxylation is 1. The van der Waals surface area contributed by atoms with Crippen LogP contribution in [0.1, 0.15) is 37.6 Å². The molecule has 6 nitrogen and oxygen atoms in total. The van der Waals surface area contributed by atoms with Crippen LogP contribution in [0.2, 0.25) is 0 Å². The smallest absolute Gasteiger partial charge is 0.303 e. The first kappa shape index (κ1) is 13.6. The third-order valence-electron chi connectivity index (χ3n) is 2.06. The molecule has 17 heavy (non-hydrogen) atoms. The average molecular weight is 257 g/mol. The first-order valence-corrected chi connectivity index (χ1v) is 6.27. The van der Waals surface area contributed by atoms with Gasteiger partial charge in [-0.15, -0.1) is 10.2 Å². The molecule has 0 aliphatic heterocycles. The van der Waals surface area contributed by atoms with Crippen LogP contribution in [0.25, 0.3) is 0 Å². The Morgan fingerprint density at radius 2 is 2.00 bits per heavy atom. The van der Waals surface area contributed by atoms with E-state index in [1.807, 2.05) is 6.92 Å². The summed E-state index contributed by atoms with van der Waals surface area (Å²) in [6, 6.07) is 0. The van der Waals surface area contributed by atoms with Gasteiger partial charge < -0.3 is 10.4 Å². The van der Waals surface area contributed by atoms with Gasteiger partial charge in [0.15, 0.2) is 0 Å². The topological polar surface area (TPSA) is 92.2 Å². The number of carbonyl (C=O) groups is 2. The van der Waals surface area contributed by atoms with Crippen LogP contribution in [0.4, 0.5) is 5.13 Å². The molecule has 1 aromatic heterocycles. The van der Waals surface area contributed by atoms with Gasteiger partial charge in [0, 0.05) is 12.8 Å². The van der Waals surface area contributed by atoms with E-state index in [0.717, 1.165) is 11.4 Å². The lowest BCUT2D eigenvalue weighted by Crippen LogP contribution is -2.11. The molecule has 7 heteroatoms. The minimum Gasteiger partial charge on any atom is -0.481 e. The van der Waals surface area contributed by atoms with Crippen molar-refractivity contribution in [1.82, 2.24) is 10.2 Å². The van der Waals surface area contributed by atoms with Crippen molar-refractivity contribution in [1.29, 1.82) is 0 Å². The van der Waals surface area contributed by atoms with E-state index in [1.165, 1.54) is 11.3 Å². The summed E-state index contributed by atoms with van der Waals surface area (Å²) in [4.78, 5) is 21.7. The summed E-state index contributed by atoms with van der Waals surface area (Å²) in [5.41, 5.74) is 0. The zero-order valence-electron chi connectivity index (χ0n) is 9.60. The van der Waals surface area contributed by atoms with Crippen LogP contribution >= 0.6 is 11.3 Å². The number of unbranched alkanes of at least 4 members (excludes halogenated alkanes) is 1. The first-order chi connectivity index (χ1) is 8.11. The third-order valence-corrected chi connectivity index (χ3v) is 3.04. The quantitative estimate of drug-likeness (QED) is 0.725. The van der Waals surface area contributed by atoms with E-state index in [4.69, 9.17) is 5.11 Å². The maximum absolute atomic E-state index is 11.4. The summed E-state index contributed by atoms with van der Waals surface area (Å²) in [5.74, 6) is -0.976. The Kier molecular flexibility index (Phi) is 5.55. The molecule has 0 atom stereocenters. The monoisotopic (exact) mass is 257 g/mol. The summed E-state index contributed by atoms with van der Waals surface area (Å²) in [7, 11) is 0. The largest absolute Gasteiger partial charge is 0.481 e. The molecule has 94 valence electrons. The van der Waals surface area contributed by atoms with E-state index in [1.54, 1.807) is 0 Å². The van der Waals surface area contributed by atoms with Crippen molar-refractivity contribution in [3.63, 3.8) is 0 Å². The lowest BCUT2D eigenvalue weighted by atomic mass is 10.2. The van der Waals surface area contributed by atoms with Gasteiger partial charge in [-0.1, -0.05) is 18.3 Å². The Bertz CT molecular complexity index is 392. The highest BCUT2D eigenvalue weighted by molar-refractivity contribution is 7.15. The highest BCUT2D eigenvalue weighted by atomic mass is 32.1. The van der Waals surface area contributed by atoms with Crippen molar-refractivity contribution in [2.24, 2.45) is 0 Å². The van der Waals surface area contributed by atoms with Crippen molar-refractivity contribution in [2.75, 3.05) is 5.32 Å². The van der Waals surface area contributed by atoms with Crippen LogP contribution in [-0.4, -0.2) is 27.2 Å². The summed E-state index contributed by atoms with van der Waals surface area (Å²) in [6.07, 6.45) is 2.29. The number of anilines is 1. The van der Waals surface area contributed by atoms with E-state index in [0.29, 0.717) is 24.4 Å². The Balaban J connectivity index is 2.22. The molecule has 1 rings (SSSR count). The second kappa shape index (κ2) is 6.95. The van der Waals surface area contributed by atoms with E-state index >= 15 is 0 Å². The van der Waals surface area contributed by atoms with Gasteiger partial charge in [0.2, 0.25) is 11.0 Å². The second-order valence-electron chi connectivity index (χ2n) is 3.50. The van der Waals surface area contributed by atoms with Crippen molar-refractivity contribution in [2.45, 2.75) is 39.0 Å². The van der Waals surface area contributed by atoms with Crippen LogP contribution in [0, 0.1) is 0 Å². The molecule has 0 spiro atoms. The van der Waals surface area contributed by atoms with Crippen molar-refractivity contribution >= 4 is 28.3 Å². The van der Waals surface area contributed by atoms with E-state index in [2.05, 4.69) is 15.5 Å². The molecule has 2 N–H and O–H groups in total. The van der Waals surface area contributed by atoms with Crippen LogP contribution in [0.3, 0.4) is 0 Å². The minimum atomic E-state index is -0.831. The zero-order valence-corrected chi connectivity index (χ0v) is 10.4. The molecule has 0 unspecified atom stereocenters. The highest BCUT2D eigenvalue weighted by Gasteiger charge is 2.07. The van der Waals surface area contributed by atoms with E-state index < -0.39 is 5.97 Å². The van der Waals surface area contributed by atoms with Gasteiger partial charge in [-0.05, 0) is 19.3 Å². The van der Waals surface area contributed by atoms with Gasteiger partial charge in [-0.25, -0.2) is 0 Å². The van der Waals surface area contributed by atoms with Crippen LogP contribution < -0.4 is 5.32 Å². The molecule has 1 heterocycles. The number of carboxylic acid groups (broad SMARTS) is 1. The molecule has 0 fully saturated rings. The fraction of sp³-hybridized carbons (Fsp3) is 0.600. The van der Waals surface area contributed by atoms with Crippen LogP contribution in [-0.2, 0) is 16.0 Å². The molecule has 0 aliphatic carbocycles. The normalized spacial score (nSPS) is 10.2. The van der Waals surface area contributed by atoms with Crippen molar-refractivity contribution in [3.8, 4) is 0 Å². The zero-order chi connectivity index (χ0) is 12.7. The number of nitrogens with one attached hydrogen (secondary N) is 1. The third kappa shape index (κ3) is 5.39. The molecule has 0 saturated carbocycles. The highest BCUT2D eigenvalue weighted by Crippen LogP contribution is 2.15. The molecule has 0 bridgehead atoms. The summed E-state index contributed by atoms with van der Waals surface area (Å²) < 4.78 is 0. The van der Waals surface area contributed by atoms with Crippen LogP contribution in [0.5, 0.6) is 0 Å². The average Bonchev–Trinajstić information content (AvgIpc) is 2.72. The Morgan fingerprint density at radius 1 is 1.29 bits per heavy atom. The number of carboxylic acids is 1. The number of carbonyl (C=O) groups excluding carboxylic acids is 1. The SMILES string of the molecule is CCc1nnc(NC(=O)CCCCC(=O)O)s1. The summed E-state index contributed by atoms with van der Waals surface area (Å²) >= 11 is 1.36. The molecule has 0 saturated heterocycles. The van der Waals surface area contributed by atoms with Gasteiger partial charge in [0.05, 0.1) is 0 Å². The summed E-state index contributed by atoms with van der Waals surface area (Å²) in [5, 5.41) is 20.2. The molecule has 1 aromatic rings. The van der Waals surface area contributed by atoms with Gasteiger partial charge in [-0.2, -0.15) is 0 Å². The number of aromatic nitrogens is 2. The predicted octanol–water partition coefficient (Wildman–Crippen LogP) is 1.68. The molecular weight excluding hydrogens is 242 g/mol. The molecule has 0 radical (unpaired) electrons. The maximum atomic E-state index is 11.4. The van der Waals surface area contributed by atoms with Gasteiger partial charge >= 0.3 is 5.97 Å². The fourth-order valence-electron chi connectivity index (χ4n) is 1.19. The van der Waals surface area contributed by atoms with E-state index in [9.17, 15) is 9.59 Å². The lowest BCUT2D eigenvalue weighted by Gasteiger charge is -1.99. The van der Waals surface area contributed by atoms with Gasteiger partial charge in [-0.3, -0.25) is 9.59 Å². The standard InChI is InChI=1S/C10H15N3O3S/c1-2-8-12-13-10(17-8)11-7(14)5-3-4-6-9(15)16/h2-6H2,1H3,(H,15,16)(H,11,13,14). The minimum absolute atomic E-state index is 0.103.